The number of nitrogens with one attached hydrogen (secondary N) is 3. The van der Waals surface area contributed by atoms with Crippen molar-refractivity contribution >= 4 is 57.1 Å². The van der Waals surface area contributed by atoms with Gasteiger partial charge in [-0.2, -0.15) is 0 Å². The second-order valence-corrected chi connectivity index (χ2v) is 16.9. The van der Waals surface area contributed by atoms with Crippen LogP contribution in [0.1, 0.15) is 93.4 Å². The fourth-order valence-electron chi connectivity index (χ4n) is 4.60. The van der Waals surface area contributed by atoms with Gasteiger partial charge in [-0.05, 0) is 51.9 Å². The van der Waals surface area contributed by atoms with Gasteiger partial charge in [0.1, 0.15) is 12.1 Å². The van der Waals surface area contributed by atoms with Crippen molar-refractivity contribution in [3.8, 4) is 0 Å². The molecule has 0 bridgehead atoms. The molecule has 50 heavy (non-hydrogen) atoms. The normalized spacial score (nSPS) is 16.8. The standard InChI is InChI=1S/C34H59N5O9S2/c1-8-34(7,16-14-27(40)36-17-9-18-47-24(3)10-13-30(43)44)48-19-15-23(2)21-37-31(45)25(22-49-50-33(4,5)6)38-32(46)26(20-35)39-28(41)11-12-29(39)42/h11-12,23-26H,8-10,13-22,35H2,1-7H3,(H,36,40)(H,37,45)(H,38,46)(H,43,44)/t23?,24?,25-,26-,34?/m0/s1. The molecule has 3 unspecified atom stereocenters. The second-order valence-electron chi connectivity index (χ2n) is 13.8. The van der Waals surface area contributed by atoms with Crippen molar-refractivity contribution in [2.45, 2.75) is 122 Å². The van der Waals surface area contributed by atoms with Gasteiger partial charge >= 0.3 is 5.97 Å². The lowest BCUT2D eigenvalue weighted by molar-refractivity contribution is -0.145. The van der Waals surface area contributed by atoms with Crippen molar-refractivity contribution in [1.82, 2.24) is 20.9 Å². The number of ether oxygens (including phenoxy) is 2. The molecule has 5 atom stereocenters. The van der Waals surface area contributed by atoms with E-state index in [1.165, 1.54) is 10.8 Å². The first-order valence-electron chi connectivity index (χ1n) is 17.3. The SMILES string of the molecule is CCC(C)(CCC(=O)NCCCOC(C)CCC(=O)O)OCCC(C)CNC(=O)[C@H](CSSC(C)(C)C)NC(=O)[C@H](CN)N1C(=O)C=CC1=O. The largest absolute Gasteiger partial charge is 0.481 e. The maximum absolute atomic E-state index is 13.3. The monoisotopic (exact) mass is 745 g/mol. The molecule has 1 aliphatic heterocycles. The number of nitrogens with two attached hydrogens (primary N) is 1. The summed E-state index contributed by atoms with van der Waals surface area (Å²) in [6, 6.07) is -2.16. The summed E-state index contributed by atoms with van der Waals surface area (Å²) in [5.74, 6) is -2.93. The molecular weight excluding hydrogens is 687 g/mol. The molecule has 0 aromatic carbocycles. The van der Waals surface area contributed by atoms with Crippen molar-refractivity contribution in [3.63, 3.8) is 0 Å². The van der Waals surface area contributed by atoms with Crippen LogP contribution >= 0.6 is 21.6 Å². The van der Waals surface area contributed by atoms with Crippen molar-refractivity contribution < 1.29 is 43.3 Å². The molecule has 0 aromatic rings. The first-order valence-corrected chi connectivity index (χ1v) is 19.6. The number of nitrogens with zero attached hydrogens (tertiary/aromatic N) is 1. The summed E-state index contributed by atoms with van der Waals surface area (Å²) in [5.41, 5.74) is 5.27. The zero-order valence-corrected chi connectivity index (χ0v) is 32.3. The van der Waals surface area contributed by atoms with Gasteiger partial charge in [-0.25, -0.2) is 0 Å². The van der Waals surface area contributed by atoms with Gasteiger partial charge in [0, 0.05) is 68.3 Å². The maximum Gasteiger partial charge on any atom is 0.303 e. The molecule has 0 saturated carbocycles. The van der Waals surface area contributed by atoms with Gasteiger partial charge in [-0.15, -0.1) is 0 Å². The summed E-state index contributed by atoms with van der Waals surface area (Å²) in [4.78, 5) is 74.6. The molecule has 0 spiro atoms. The number of rotatable bonds is 26. The number of carbonyl (C=O) groups is 6. The van der Waals surface area contributed by atoms with Crippen molar-refractivity contribution in [2.75, 3.05) is 38.6 Å². The molecule has 0 fully saturated rings. The van der Waals surface area contributed by atoms with E-state index in [0.717, 1.165) is 17.1 Å². The summed E-state index contributed by atoms with van der Waals surface area (Å²) in [5, 5.41) is 17.3. The number of carbonyl (C=O) groups excluding carboxylic acids is 5. The lowest BCUT2D eigenvalue weighted by Crippen LogP contribution is -2.58. The van der Waals surface area contributed by atoms with Gasteiger partial charge in [0.2, 0.25) is 17.7 Å². The molecule has 16 heteroatoms. The highest BCUT2D eigenvalue weighted by Gasteiger charge is 2.36. The van der Waals surface area contributed by atoms with Crippen LogP contribution < -0.4 is 21.7 Å². The fourth-order valence-corrected chi connectivity index (χ4v) is 7.06. The molecule has 6 N–H and O–H groups in total. The number of carboxylic acid groups (broad SMARTS) is 1. The van der Waals surface area contributed by atoms with E-state index in [2.05, 4.69) is 16.0 Å². The van der Waals surface area contributed by atoms with Crippen molar-refractivity contribution in [2.24, 2.45) is 11.7 Å². The smallest absolute Gasteiger partial charge is 0.303 e. The lowest BCUT2D eigenvalue weighted by Gasteiger charge is -2.29. The third kappa shape index (κ3) is 18.5. The van der Waals surface area contributed by atoms with Gasteiger partial charge in [0.15, 0.2) is 0 Å². The average molecular weight is 746 g/mol. The molecule has 14 nitrogen and oxygen atoms in total. The maximum atomic E-state index is 13.3. The Morgan fingerprint density at radius 3 is 2.22 bits per heavy atom. The van der Waals surface area contributed by atoms with Crippen LogP contribution in [0.2, 0.25) is 0 Å². The highest BCUT2D eigenvalue weighted by molar-refractivity contribution is 8.77. The van der Waals surface area contributed by atoms with E-state index in [1.807, 2.05) is 48.5 Å². The topological polar surface area (TPSA) is 206 Å². The van der Waals surface area contributed by atoms with E-state index >= 15 is 0 Å². The van der Waals surface area contributed by atoms with Crippen molar-refractivity contribution in [3.05, 3.63) is 12.2 Å². The van der Waals surface area contributed by atoms with E-state index in [1.54, 1.807) is 10.8 Å². The molecule has 5 amide bonds. The van der Waals surface area contributed by atoms with Gasteiger partial charge in [0.05, 0.1) is 11.7 Å². The zero-order chi connectivity index (χ0) is 37.9. The molecule has 1 rings (SSSR count). The Morgan fingerprint density at radius 1 is 0.980 bits per heavy atom. The molecule has 0 saturated heterocycles. The number of hydrogen-bond donors (Lipinski definition) is 5. The predicted molar refractivity (Wildman–Crippen MR) is 196 cm³/mol. The summed E-state index contributed by atoms with van der Waals surface area (Å²) in [6.45, 7) is 15.3. The summed E-state index contributed by atoms with van der Waals surface area (Å²) in [6.07, 6.45) is 5.39. The summed E-state index contributed by atoms with van der Waals surface area (Å²) < 4.78 is 11.7. The summed E-state index contributed by atoms with van der Waals surface area (Å²) in [7, 11) is 3.01. The third-order valence-corrected chi connectivity index (χ3v) is 11.3. The van der Waals surface area contributed by atoms with Crippen LogP contribution in [0.5, 0.6) is 0 Å². The van der Waals surface area contributed by atoms with Gasteiger partial charge in [-0.3, -0.25) is 33.7 Å². The molecule has 0 radical (unpaired) electrons. The predicted octanol–water partition coefficient (Wildman–Crippen LogP) is 2.79. The van der Waals surface area contributed by atoms with Crippen LogP contribution in [0.4, 0.5) is 0 Å². The summed E-state index contributed by atoms with van der Waals surface area (Å²) >= 11 is 0. The number of amides is 5. The minimum atomic E-state index is -1.23. The Bertz CT molecular complexity index is 1150. The highest BCUT2D eigenvalue weighted by atomic mass is 33.1. The molecule has 1 aliphatic rings. The minimum Gasteiger partial charge on any atom is -0.481 e. The highest BCUT2D eigenvalue weighted by Crippen LogP contribution is 2.35. The van der Waals surface area contributed by atoms with E-state index in [4.69, 9.17) is 20.3 Å². The third-order valence-electron chi connectivity index (χ3n) is 7.98. The van der Waals surface area contributed by atoms with Crippen LogP contribution in [0.15, 0.2) is 12.2 Å². The zero-order valence-electron chi connectivity index (χ0n) is 30.7. The molecular formula is C34H59N5O9S2. The molecule has 0 aromatic heterocycles. The number of carboxylic acids is 1. The van der Waals surface area contributed by atoms with E-state index in [0.29, 0.717) is 64.8 Å². The van der Waals surface area contributed by atoms with Gasteiger partial charge in [0.25, 0.3) is 11.8 Å². The molecule has 286 valence electrons. The van der Waals surface area contributed by atoms with Crippen LogP contribution in [0, 0.1) is 5.92 Å². The Morgan fingerprint density at radius 2 is 1.64 bits per heavy atom. The van der Waals surface area contributed by atoms with E-state index in [9.17, 15) is 28.8 Å². The van der Waals surface area contributed by atoms with Crippen LogP contribution in [-0.2, 0) is 38.2 Å². The van der Waals surface area contributed by atoms with Crippen LogP contribution in [-0.4, -0.2) is 113 Å². The van der Waals surface area contributed by atoms with Crippen LogP contribution in [0.3, 0.4) is 0 Å². The van der Waals surface area contributed by atoms with E-state index < -0.39 is 41.4 Å². The Hall–Kier alpha value is -2.66. The lowest BCUT2D eigenvalue weighted by atomic mass is 9.96. The van der Waals surface area contributed by atoms with Gasteiger partial charge < -0.3 is 36.3 Å². The van der Waals surface area contributed by atoms with Crippen molar-refractivity contribution in [1.29, 1.82) is 0 Å². The second kappa shape index (κ2) is 23.0. The first-order chi connectivity index (χ1) is 23.4. The Labute approximate surface area is 304 Å². The Balaban J connectivity index is 2.54. The number of imide groups is 1. The fraction of sp³-hybridized carbons (Fsp3) is 0.765. The average Bonchev–Trinajstić information content (AvgIpc) is 3.37. The Kier molecular flexibility index (Phi) is 20.9. The number of aliphatic carboxylic acids is 1. The van der Waals surface area contributed by atoms with E-state index in [-0.39, 0.29) is 47.3 Å². The molecule has 0 aliphatic carbocycles. The number of hydrogen-bond acceptors (Lipinski definition) is 11. The van der Waals surface area contributed by atoms with Crippen LogP contribution in [0.25, 0.3) is 0 Å². The quantitative estimate of drug-likeness (QED) is 0.0493. The minimum absolute atomic E-state index is 0.0491. The van der Waals surface area contributed by atoms with Gasteiger partial charge in [-0.1, -0.05) is 56.2 Å². The first kappa shape index (κ1) is 45.4. The molecule has 1 heterocycles.